The van der Waals surface area contributed by atoms with Gasteiger partial charge >= 0.3 is 5.97 Å². The Labute approximate surface area is 177 Å². The summed E-state index contributed by atoms with van der Waals surface area (Å²) in [5, 5.41) is 1.57. The number of benzene rings is 2. The average Bonchev–Trinajstić information content (AvgIpc) is 3.01. The Bertz CT molecular complexity index is 1400. The van der Waals surface area contributed by atoms with Gasteiger partial charge in [0.15, 0.2) is 5.76 Å². The van der Waals surface area contributed by atoms with Crippen molar-refractivity contribution in [1.29, 1.82) is 0 Å². The Hall–Kier alpha value is -4.19. The fraction of sp³-hybridized carbons (Fsp3) is 0.0400. The van der Waals surface area contributed by atoms with Crippen molar-refractivity contribution in [3.63, 3.8) is 0 Å². The number of halogens is 1. The smallest absolute Gasteiger partial charge is 0.337 e. The first-order chi connectivity index (χ1) is 15.1. The van der Waals surface area contributed by atoms with Gasteiger partial charge in [0.1, 0.15) is 17.1 Å². The molecule has 0 aliphatic carbocycles. The van der Waals surface area contributed by atoms with E-state index in [1.54, 1.807) is 24.3 Å². The van der Waals surface area contributed by atoms with E-state index in [1.165, 1.54) is 19.2 Å². The molecule has 0 saturated carbocycles. The number of rotatable bonds is 3. The van der Waals surface area contributed by atoms with E-state index in [9.17, 15) is 9.18 Å². The fourth-order valence-electron chi connectivity index (χ4n) is 3.53. The number of furan rings is 1. The van der Waals surface area contributed by atoms with Crippen LogP contribution in [-0.2, 0) is 4.74 Å². The number of anilines is 1. The second-order valence-corrected chi connectivity index (χ2v) is 7.02. The van der Waals surface area contributed by atoms with Crippen molar-refractivity contribution in [2.75, 3.05) is 12.0 Å². The fourth-order valence-corrected chi connectivity index (χ4v) is 3.53. The summed E-state index contributed by atoms with van der Waals surface area (Å²) < 4.78 is 24.5. The highest BCUT2D eigenvalue weighted by atomic mass is 19.1. The van der Waals surface area contributed by atoms with Crippen LogP contribution in [0, 0.1) is 5.82 Å². The molecule has 0 radical (unpaired) electrons. The molecule has 1 aliphatic heterocycles. The van der Waals surface area contributed by atoms with Gasteiger partial charge in [-0.1, -0.05) is 12.2 Å². The zero-order valence-corrected chi connectivity index (χ0v) is 16.6. The molecule has 152 valence electrons. The first kappa shape index (κ1) is 18.8. The van der Waals surface area contributed by atoms with Crippen LogP contribution in [-0.4, -0.2) is 18.1 Å². The summed E-state index contributed by atoms with van der Waals surface area (Å²) in [6.45, 7) is 0. The largest absolute Gasteiger partial charge is 0.465 e. The monoisotopic (exact) mass is 412 g/mol. The highest BCUT2D eigenvalue weighted by Crippen LogP contribution is 2.36. The number of hydrogen-bond donors (Lipinski definition) is 0. The number of esters is 1. The normalized spacial score (nSPS) is 13.2. The van der Waals surface area contributed by atoms with E-state index in [2.05, 4.69) is 0 Å². The number of aromatic nitrogens is 1. The number of allylic oxidation sites excluding steroid dienone is 4. The second-order valence-electron chi connectivity index (χ2n) is 7.02. The molecule has 2 aromatic heterocycles. The van der Waals surface area contributed by atoms with Crippen molar-refractivity contribution in [1.82, 2.24) is 4.98 Å². The minimum atomic E-state index is -0.411. The molecule has 0 saturated heterocycles. The highest BCUT2D eigenvalue weighted by Gasteiger charge is 2.18. The minimum absolute atomic E-state index is 0.361. The molecule has 0 spiro atoms. The molecular formula is C25H17FN2O3. The van der Waals surface area contributed by atoms with Crippen LogP contribution in [0.4, 0.5) is 10.1 Å². The zero-order valence-electron chi connectivity index (χ0n) is 16.6. The molecule has 0 N–H and O–H groups in total. The molecule has 5 rings (SSSR count). The summed E-state index contributed by atoms with van der Waals surface area (Å²) in [7, 11) is 1.35. The maximum absolute atomic E-state index is 13.7. The van der Waals surface area contributed by atoms with Gasteiger partial charge in [0.05, 0.1) is 23.9 Å². The highest BCUT2D eigenvalue weighted by molar-refractivity contribution is 5.97. The molecule has 6 heteroatoms. The van der Waals surface area contributed by atoms with Crippen LogP contribution < -0.4 is 4.90 Å². The Morgan fingerprint density at radius 3 is 2.55 bits per heavy atom. The molecule has 5 nitrogen and oxygen atoms in total. The molecule has 4 aromatic rings. The van der Waals surface area contributed by atoms with Gasteiger partial charge in [-0.2, -0.15) is 0 Å². The first-order valence-corrected chi connectivity index (χ1v) is 9.65. The maximum atomic E-state index is 13.7. The van der Waals surface area contributed by atoms with Gasteiger partial charge in [-0.3, -0.25) is 0 Å². The van der Waals surface area contributed by atoms with Crippen LogP contribution in [0.3, 0.4) is 0 Å². The van der Waals surface area contributed by atoms with Crippen molar-refractivity contribution in [3.8, 4) is 11.5 Å². The van der Waals surface area contributed by atoms with E-state index in [0.29, 0.717) is 28.1 Å². The lowest BCUT2D eigenvalue weighted by Gasteiger charge is -2.18. The number of nitrogens with zero attached hydrogens (tertiary/aromatic N) is 2. The summed E-state index contributed by atoms with van der Waals surface area (Å²) in [6.07, 6.45) is 11.5. The van der Waals surface area contributed by atoms with Gasteiger partial charge in [-0.15, -0.1) is 0 Å². The molecule has 1 aliphatic rings. The van der Waals surface area contributed by atoms with E-state index < -0.39 is 5.97 Å². The van der Waals surface area contributed by atoms with Crippen LogP contribution in [0.5, 0.6) is 0 Å². The van der Waals surface area contributed by atoms with Crippen LogP contribution in [0.25, 0.3) is 33.3 Å². The third kappa shape index (κ3) is 3.48. The van der Waals surface area contributed by atoms with Gasteiger partial charge in [0.25, 0.3) is 0 Å². The number of carbonyl (C=O) groups excluding carboxylic acids is 1. The summed E-state index contributed by atoms with van der Waals surface area (Å²) >= 11 is 0. The zero-order chi connectivity index (χ0) is 21.4. The van der Waals surface area contributed by atoms with Crippen LogP contribution >= 0.6 is 0 Å². The quantitative estimate of drug-likeness (QED) is 0.388. The molecule has 2 aromatic carbocycles. The van der Waals surface area contributed by atoms with Crippen molar-refractivity contribution < 1.29 is 18.3 Å². The second kappa shape index (κ2) is 7.57. The number of ether oxygens (including phenoxy) is 1. The van der Waals surface area contributed by atoms with Crippen LogP contribution in [0.1, 0.15) is 10.4 Å². The maximum Gasteiger partial charge on any atom is 0.337 e. The van der Waals surface area contributed by atoms with E-state index in [0.717, 1.165) is 16.5 Å². The minimum Gasteiger partial charge on any atom is -0.465 e. The Morgan fingerprint density at radius 2 is 1.77 bits per heavy atom. The van der Waals surface area contributed by atoms with Gasteiger partial charge in [-0.25, -0.2) is 14.2 Å². The summed E-state index contributed by atoms with van der Waals surface area (Å²) in [6, 6.07) is 13.4. The third-order valence-corrected chi connectivity index (χ3v) is 5.04. The summed E-state index contributed by atoms with van der Waals surface area (Å²) in [5.74, 6) is -0.251. The topological polar surface area (TPSA) is 55.6 Å². The average molecular weight is 412 g/mol. The molecule has 0 atom stereocenters. The number of carbonyl (C=O) groups is 1. The van der Waals surface area contributed by atoms with Crippen molar-refractivity contribution in [2.45, 2.75) is 0 Å². The lowest BCUT2D eigenvalue weighted by Crippen LogP contribution is -2.09. The predicted molar refractivity (Wildman–Crippen MR) is 118 cm³/mol. The number of fused-ring (bicyclic) bond motifs is 2. The summed E-state index contributed by atoms with van der Waals surface area (Å²) in [5.41, 5.74) is 2.95. The SMILES string of the molecule is COC(=O)c1ccc2nc(-c3cc4ccc(F)cc4o3)c(N3C=CC=CC=C3)cc2c1. The Balaban J connectivity index is 1.74. The Morgan fingerprint density at radius 1 is 0.968 bits per heavy atom. The molecule has 0 fully saturated rings. The van der Waals surface area contributed by atoms with Gasteiger partial charge < -0.3 is 14.1 Å². The van der Waals surface area contributed by atoms with Gasteiger partial charge in [-0.05, 0) is 54.6 Å². The van der Waals surface area contributed by atoms with Gasteiger partial charge in [0.2, 0.25) is 0 Å². The van der Waals surface area contributed by atoms with E-state index >= 15 is 0 Å². The van der Waals surface area contributed by atoms with Crippen molar-refractivity contribution >= 4 is 33.5 Å². The van der Waals surface area contributed by atoms with Crippen LogP contribution in [0.2, 0.25) is 0 Å². The number of methoxy groups -OCH3 is 1. The lowest BCUT2D eigenvalue weighted by atomic mass is 10.1. The van der Waals surface area contributed by atoms with Crippen molar-refractivity contribution in [3.05, 3.63) is 96.6 Å². The molecule has 0 unspecified atom stereocenters. The summed E-state index contributed by atoms with van der Waals surface area (Å²) in [4.78, 5) is 18.7. The van der Waals surface area contributed by atoms with E-state index in [1.807, 2.05) is 53.7 Å². The molecule has 0 amide bonds. The van der Waals surface area contributed by atoms with E-state index in [-0.39, 0.29) is 5.82 Å². The number of pyridine rings is 1. The van der Waals surface area contributed by atoms with E-state index in [4.69, 9.17) is 14.1 Å². The number of hydrogen-bond acceptors (Lipinski definition) is 5. The molecule has 31 heavy (non-hydrogen) atoms. The van der Waals surface area contributed by atoms with Gasteiger partial charge in [0, 0.05) is 29.2 Å². The molecular weight excluding hydrogens is 395 g/mol. The molecule has 0 bridgehead atoms. The molecule has 3 heterocycles. The Kier molecular flexibility index (Phi) is 4.59. The van der Waals surface area contributed by atoms with Crippen molar-refractivity contribution in [2.24, 2.45) is 0 Å². The lowest BCUT2D eigenvalue weighted by molar-refractivity contribution is 0.0601. The predicted octanol–water partition coefficient (Wildman–Crippen LogP) is 5.98. The third-order valence-electron chi connectivity index (χ3n) is 5.04. The standard InChI is InChI=1S/C25H17FN2O3/c1-30-25(29)17-7-9-20-18(12-17)13-21(28-10-4-2-3-5-11-28)24(27-20)23-14-16-6-8-19(26)15-22(16)31-23/h2-15H,1H3. The van der Waals surface area contributed by atoms with Crippen LogP contribution in [0.15, 0.2) is 89.7 Å². The first-order valence-electron chi connectivity index (χ1n) is 9.65.